The fourth-order valence-corrected chi connectivity index (χ4v) is 3.67. The monoisotopic (exact) mass is 370 g/mol. The van der Waals surface area contributed by atoms with Gasteiger partial charge in [0.25, 0.3) is 5.56 Å². The number of pyridine rings is 1. The van der Waals surface area contributed by atoms with Gasteiger partial charge >= 0.3 is 6.03 Å². The lowest BCUT2D eigenvalue weighted by molar-refractivity contribution is 0.198. The molecule has 0 aliphatic carbocycles. The zero-order chi connectivity index (χ0) is 18.3. The van der Waals surface area contributed by atoms with Gasteiger partial charge in [0.15, 0.2) is 0 Å². The molecule has 4 rings (SSSR count). The Morgan fingerprint density at radius 1 is 1.23 bits per heavy atom. The molecule has 3 aromatic rings. The SMILES string of the molecule is CCn1cccc(NC(=O)N2CCn3c(cc4c(Cl)cccc43)C2)c1=O. The molecule has 0 radical (unpaired) electrons. The lowest BCUT2D eigenvalue weighted by Crippen LogP contribution is -2.41. The number of nitrogens with one attached hydrogen (secondary N) is 1. The van der Waals surface area contributed by atoms with Crippen LogP contribution < -0.4 is 10.9 Å². The Hall–Kier alpha value is -2.73. The van der Waals surface area contributed by atoms with Crippen LogP contribution in [0.25, 0.3) is 10.9 Å². The summed E-state index contributed by atoms with van der Waals surface area (Å²) in [5.41, 5.74) is 2.23. The standard InChI is InChI=1S/C19H19ClN4O2/c1-2-22-8-4-6-16(18(22)25)21-19(26)23-9-10-24-13(12-23)11-14-15(20)5-3-7-17(14)24/h3-8,11H,2,9-10,12H2,1H3,(H,21,26). The number of amides is 2. The number of aryl methyl sites for hydroxylation is 1. The molecule has 1 aromatic carbocycles. The predicted octanol–water partition coefficient (Wildman–Crippen LogP) is 3.52. The third-order valence-corrected chi connectivity index (χ3v) is 5.14. The number of fused-ring (bicyclic) bond motifs is 3. The first-order chi connectivity index (χ1) is 12.6. The van der Waals surface area contributed by atoms with Gasteiger partial charge in [-0.2, -0.15) is 0 Å². The summed E-state index contributed by atoms with van der Waals surface area (Å²) >= 11 is 6.29. The third kappa shape index (κ3) is 2.76. The number of urea groups is 1. The highest BCUT2D eigenvalue weighted by molar-refractivity contribution is 6.35. The molecule has 2 amide bonds. The molecule has 0 unspecified atom stereocenters. The first-order valence-electron chi connectivity index (χ1n) is 8.60. The van der Waals surface area contributed by atoms with Crippen molar-refractivity contribution in [1.82, 2.24) is 14.0 Å². The number of hydrogen-bond acceptors (Lipinski definition) is 2. The quantitative estimate of drug-likeness (QED) is 0.750. The molecule has 7 heteroatoms. The van der Waals surface area contributed by atoms with Gasteiger partial charge in [0.1, 0.15) is 5.69 Å². The summed E-state index contributed by atoms with van der Waals surface area (Å²) in [5, 5.41) is 4.46. The number of hydrogen-bond donors (Lipinski definition) is 1. The normalized spacial score (nSPS) is 13.7. The van der Waals surface area contributed by atoms with Crippen LogP contribution >= 0.6 is 11.6 Å². The van der Waals surface area contributed by atoms with Crippen molar-refractivity contribution in [3.8, 4) is 0 Å². The Morgan fingerprint density at radius 3 is 2.88 bits per heavy atom. The van der Waals surface area contributed by atoms with E-state index < -0.39 is 0 Å². The Labute approximate surface area is 155 Å². The van der Waals surface area contributed by atoms with E-state index in [1.165, 1.54) is 0 Å². The number of rotatable bonds is 2. The second kappa shape index (κ2) is 6.53. The molecule has 26 heavy (non-hydrogen) atoms. The lowest BCUT2D eigenvalue weighted by atomic mass is 10.2. The van der Waals surface area contributed by atoms with E-state index in [0.717, 1.165) is 16.6 Å². The molecule has 0 fully saturated rings. The average Bonchev–Trinajstić information content (AvgIpc) is 3.03. The van der Waals surface area contributed by atoms with Crippen LogP contribution in [0.2, 0.25) is 5.02 Å². The number of aromatic nitrogens is 2. The lowest BCUT2D eigenvalue weighted by Gasteiger charge is -2.29. The highest BCUT2D eigenvalue weighted by Gasteiger charge is 2.23. The van der Waals surface area contributed by atoms with Gasteiger partial charge in [-0.1, -0.05) is 17.7 Å². The van der Waals surface area contributed by atoms with E-state index in [0.29, 0.717) is 36.9 Å². The van der Waals surface area contributed by atoms with Crippen LogP contribution in [0, 0.1) is 0 Å². The minimum Gasteiger partial charge on any atom is -0.341 e. The average molecular weight is 371 g/mol. The van der Waals surface area contributed by atoms with Crippen molar-refractivity contribution in [3.05, 3.63) is 63.7 Å². The minimum absolute atomic E-state index is 0.193. The summed E-state index contributed by atoms with van der Waals surface area (Å²) in [5.74, 6) is 0. The topological polar surface area (TPSA) is 59.3 Å². The number of anilines is 1. The summed E-state index contributed by atoms with van der Waals surface area (Å²) in [7, 11) is 0. The zero-order valence-corrected chi connectivity index (χ0v) is 15.2. The molecule has 1 N–H and O–H groups in total. The summed E-state index contributed by atoms with van der Waals surface area (Å²) in [6.07, 6.45) is 1.71. The molecule has 0 spiro atoms. The van der Waals surface area contributed by atoms with Gasteiger partial charge in [0, 0.05) is 47.5 Å². The van der Waals surface area contributed by atoms with Crippen molar-refractivity contribution < 1.29 is 4.79 Å². The van der Waals surface area contributed by atoms with Gasteiger partial charge in [0.05, 0.1) is 6.54 Å². The van der Waals surface area contributed by atoms with Crippen LogP contribution in [0.15, 0.2) is 47.4 Å². The maximum absolute atomic E-state index is 12.6. The van der Waals surface area contributed by atoms with Crippen molar-refractivity contribution >= 4 is 34.2 Å². The van der Waals surface area contributed by atoms with E-state index in [1.54, 1.807) is 27.8 Å². The fraction of sp³-hybridized carbons (Fsp3) is 0.263. The third-order valence-electron chi connectivity index (χ3n) is 4.81. The van der Waals surface area contributed by atoms with Crippen molar-refractivity contribution in [1.29, 1.82) is 0 Å². The summed E-state index contributed by atoms with van der Waals surface area (Å²) in [6, 6.07) is 11.0. The van der Waals surface area contributed by atoms with Crippen LogP contribution in [0.1, 0.15) is 12.6 Å². The molecule has 0 saturated heterocycles. The van der Waals surface area contributed by atoms with Gasteiger partial charge < -0.3 is 19.4 Å². The Balaban J connectivity index is 1.57. The van der Waals surface area contributed by atoms with Crippen LogP contribution in [0.3, 0.4) is 0 Å². The van der Waals surface area contributed by atoms with Crippen LogP contribution in [0.5, 0.6) is 0 Å². The van der Waals surface area contributed by atoms with Gasteiger partial charge in [-0.15, -0.1) is 0 Å². The number of carbonyl (C=O) groups excluding carboxylic acids is 1. The van der Waals surface area contributed by atoms with Gasteiger partial charge in [0.2, 0.25) is 0 Å². The van der Waals surface area contributed by atoms with Crippen LogP contribution in [-0.4, -0.2) is 26.6 Å². The van der Waals surface area contributed by atoms with Gasteiger partial charge in [-0.05, 0) is 37.3 Å². The highest BCUT2D eigenvalue weighted by Crippen LogP contribution is 2.29. The van der Waals surface area contributed by atoms with E-state index in [9.17, 15) is 9.59 Å². The van der Waals surface area contributed by atoms with Crippen molar-refractivity contribution in [2.45, 2.75) is 26.6 Å². The molecule has 0 atom stereocenters. The number of carbonyl (C=O) groups is 1. The van der Waals surface area contributed by atoms with E-state index in [4.69, 9.17) is 11.6 Å². The summed E-state index contributed by atoms with van der Waals surface area (Å²) in [6.45, 7) is 4.20. The van der Waals surface area contributed by atoms with Crippen molar-refractivity contribution in [2.24, 2.45) is 0 Å². The maximum atomic E-state index is 12.6. The smallest absolute Gasteiger partial charge is 0.322 e. The molecule has 134 valence electrons. The van der Waals surface area contributed by atoms with E-state index in [2.05, 4.69) is 9.88 Å². The second-order valence-electron chi connectivity index (χ2n) is 6.32. The number of halogens is 1. The predicted molar refractivity (Wildman–Crippen MR) is 103 cm³/mol. The first-order valence-corrected chi connectivity index (χ1v) is 8.98. The zero-order valence-electron chi connectivity index (χ0n) is 14.4. The number of nitrogens with zero attached hydrogens (tertiary/aromatic N) is 3. The molecule has 1 aliphatic heterocycles. The van der Waals surface area contributed by atoms with E-state index in [-0.39, 0.29) is 11.6 Å². The summed E-state index contributed by atoms with van der Waals surface area (Å²) < 4.78 is 3.75. The summed E-state index contributed by atoms with van der Waals surface area (Å²) in [4.78, 5) is 26.6. The molecule has 0 saturated carbocycles. The molecule has 6 nitrogen and oxygen atoms in total. The molecule has 1 aliphatic rings. The van der Waals surface area contributed by atoms with Crippen molar-refractivity contribution in [2.75, 3.05) is 11.9 Å². The highest BCUT2D eigenvalue weighted by atomic mass is 35.5. The van der Waals surface area contributed by atoms with Crippen molar-refractivity contribution in [3.63, 3.8) is 0 Å². The Morgan fingerprint density at radius 2 is 2.08 bits per heavy atom. The van der Waals surface area contributed by atoms with Gasteiger partial charge in [-0.25, -0.2) is 4.79 Å². The van der Waals surface area contributed by atoms with Crippen LogP contribution in [-0.2, 0) is 19.6 Å². The van der Waals surface area contributed by atoms with Gasteiger partial charge in [-0.3, -0.25) is 4.79 Å². The van der Waals surface area contributed by atoms with E-state index >= 15 is 0 Å². The molecular formula is C19H19ClN4O2. The van der Waals surface area contributed by atoms with Crippen LogP contribution in [0.4, 0.5) is 10.5 Å². The molecule has 2 aromatic heterocycles. The molecule has 3 heterocycles. The maximum Gasteiger partial charge on any atom is 0.322 e. The largest absolute Gasteiger partial charge is 0.341 e. The molecule has 0 bridgehead atoms. The Bertz CT molecular complexity index is 1050. The molecular weight excluding hydrogens is 352 g/mol. The first kappa shape index (κ1) is 16.7. The second-order valence-corrected chi connectivity index (χ2v) is 6.73. The van der Waals surface area contributed by atoms with E-state index in [1.807, 2.05) is 31.2 Å². The number of benzene rings is 1. The fourth-order valence-electron chi connectivity index (χ4n) is 3.44. The minimum atomic E-state index is -0.265. The Kier molecular flexibility index (Phi) is 4.20.